The van der Waals surface area contributed by atoms with Crippen LogP contribution in [0, 0.1) is 11.8 Å². The van der Waals surface area contributed by atoms with Crippen molar-refractivity contribution in [2.24, 2.45) is 17.6 Å². The number of rotatable bonds is 10. The summed E-state index contributed by atoms with van der Waals surface area (Å²) >= 11 is 0. The Labute approximate surface area is 336 Å². The van der Waals surface area contributed by atoms with E-state index in [9.17, 15) is 35.1 Å². The van der Waals surface area contributed by atoms with Gasteiger partial charge in [-0.1, -0.05) is 31.2 Å². The van der Waals surface area contributed by atoms with E-state index in [4.69, 9.17) is 43.6 Å². The number of carbonyl (C=O) groups excluding carboxylic acids is 2. The van der Waals surface area contributed by atoms with E-state index in [1.807, 2.05) is 52.2 Å². The highest BCUT2D eigenvalue weighted by Crippen LogP contribution is 2.36. The van der Waals surface area contributed by atoms with Gasteiger partial charge in [-0.2, -0.15) is 0 Å². The summed E-state index contributed by atoms with van der Waals surface area (Å²) in [4.78, 5) is 27.5. The molecule has 3 saturated heterocycles. The highest BCUT2D eigenvalue weighted by Gasteiger charge is 2.50. The first-order valence-corrected chi connectivity index (χ1v) is 20.1. The summed E-state index contributed by atoms with van der Waals surface area (Å²) in [6.07, 6.45) is -4.81. The Morgan fingerprint density at radius 2 is 1.67 bits per heavy atom. The predicted molar refractivity (Wildman–Crippen MR) is 204 cm³/mol. The third-order valence-electron chi connectivity index (χ3n) is 11.6. The number of aliphatic hydroxyl groups is 5. The van der Waals surface area contributed by atoms with Crippen LogP contribution in [0.3, 0.4) is 0 Å². The summed E-state index contributed by atoms with van der Waals surface area (Å²) in [5.74, 6) is -1.58. The van der Waals surface area contributed by atoms with Crippen LogP contribution in [0.15, 0.2) is 24.3 Å². The van der Waals surface area contributed by atoms with Gasteiger partial charge in [0.1, 0.15) is 36.8 Å². The fourth-order valence-electron chi connectivity index (χ4n) is 8.28. The Kier molecular flexibility index (Phi) is 18.0. The van der Waals surface area contributed by atoms with E-state index >= 15 is 0 Å². The molecule has 0 aromatic rings. The number of carbonyl (C=O) groups is 2. The van der Waals surface area contributed by atoms with Gasteiger partial charge in [0.15, 0.2) is 25.2 Å². The maximum absolute atomic E-state index is 13.0. The van der Waals surface area contributed by atoms with Gasteiger partial charge in [0, 0.05) is 32.4 Å². The Balaban J connectivity index is 1.62. The van der Waals surface area contributed by atoms with Gasteiger partial charge in [0.2, 0.25) is 0 Å². The second kappa shape index (κ2) is 21.5. The molecule has 17 heteroatoms. The fraction of sp³-hybridized carbons (Fsp3) is 0.850. The molecule has 0 aromatic carbocycles. The van der Waals surface area contributed by atoms with Crippen LogP contribution in [0.1, 0.15) is 79.6 Å². The van der Waals surface area contributed by atoms with Crippen LogP contribution in [-0.4, -0.2) is 168 Å². The standard InChI is InChI=1S/C40H68N2O15/c1-21-18-25(16-17-43)35(57-39-33(46)32(41)34(24(4)53-39)55-31-20-40(5,49)37(47)38(48)56-31)36(50-8)27(44)19-29(45)51-22(2)12-10-9-11-13-28(21)54-30-15-14-26(42(6)7)23(3)52-30/h9-11,13,17,21-28,30-39,44,46-49H,12,14-16,18-20,41H2,1-8H3/b10-9+,13-11+/t21-,22-,23+,24+,25+,26-,27-,28-,30-,31-,32+,33+,34+,35+,36+,37+,38-,39-,40-/m1/s1. The van der Waals surface area contributed by atoms with Gasteiger partial charge in [-0.25, -0.2) is 0 Å². The van der Waals surface area contributed by atoms with E-state index < -0.39 is 110 Å². The number of likely N-dealkylation sites (N-methyl/N-ethyl adjacent to an activating group) is 1. The second-order valence-electron chi connectivity index (χ2n) is 16.6. The molecule has 0 saturated carbocycles. The SMILES string of the molecule is CO[C@@H]1[C@@H](O[C@H]2O[C@@H](C)[C@H](O[C@H]3C[C@@](C)(O)[C@@H](O)[C@H](O)O3)[C@@H](N)[C@@H]2O)[C@@H](CC=O)C[C@@H](C)[C@H](O[C@@H]2CC[C@@H](N(C)C)[C@H](C)O2)/C=C/C=C/C[C@@H](C)OC(=O)C[C@H]1O. The van der Waals surface area contributed by atoms with E-state index in [1.54, 1.807) is 13.8 Å². The zero-order chi connectivity index (χ0) is 42.2. The zero-order valence-electron chi connectivity index (χ0n) is 34.6. The number of esters is 1. The van der Waals surface area contributed by atoms with Crippen LogP contribution in [0.25, 0.3) is 0 Å². The monoisotopic (exact) mass is 816 g/mol. The largest absolute Gasteiger partial charge is 0.462 e. The number of allylic oxidation sites excluding steroid dienone is 2. The molecule has 19 atom stereocenters. The minimum absolute atomic E-state index is 0.0514. The van der Waals surface area contributed by atoms with Crippen LogP contribution in [-0.2, 0) is 47.5 Å². The number of hydrogen-bond acceptors (Lipinski definition) is 17. The smallest absolute Gasteiger partial charge is 0.308 e. The number of hydrogen-bond donors (Lipinski definition) is 6. The molecule has 0 bridgehead atoms. The van der Waals surface area contributed by atoms with Gasteiger partial charge in [-0.3, -0.25) is 4.79 Å². The molecule has 0 radical (unpaired) electrons. The summed E-state index contributed by atoms with van der Waals surface area (Å²) in [6, 6.07) is -0.913. The Bertz CT molecular complexity index is 1320. The zero-order valence-corrected chi connectivity index (χ0v) is 34.6. The van der Waals surface area contributed by atoms with Crippen molar-refractivity contribution in [3.8, 4) is 0 Å². The number of aliphatic hydroxyl groups excluding tert-OH is 4. The van der Waals surface area contributed by atoms with Crippen LogP contribution >= 0.6 is 0 Å². The van der Waals surface area contributed by atoms with Crippen molar-refractivity contribution in [3.05, 3.63) is 24.3 Å². The van der Waals surface area contributed by atoms with E-state index in [-0.39, 0.29) is 30.9 Å². The summed E-state index contributed by atoms with van der Waals surface area (Å²) < 4.78 is 48.4. The van der Waals surface area contributed by atoms with Gasteiger partial charge in [0.05, 0.1) is 48.6 Å². The van der Waals surface area contributed by atoms with Crippen molar-refractivity contribution in [2.45, 2.75) is 183 Å². The molecule has 3 fully saturated rings. The van der Waals surface area contributed by atoms with Crippen molar-refractivity contribution >= 4 is 12.3 Å². The Hall–Kier alpha value is -1.94. The minimum Gasteiger partial charge on any atom is -0.462 e. The average molecular weight is 817 g/mol. The van der Waals surface area contributed by atoms with E-state index in [0.717, 1.165) is 12.7 Å². The highest BCUT2D eigenvalue weighted by molar-refractivity contribution is 5.70. The minimum atomic E-state index is -1.74. The van der Waals surface area contributed by atoms with E-state index in [0.29, 0.717) is 19.3 Å². The molecule has 4 heterocycles. The van der Waals surface area contributed by atoms with Crippen molar-refractivity contribution in [1.82, 2.24) is 4.90 Å². The van der Waals surface area contributed by atoms with Crippen molar-refractivity contribution < 1.29 is 73.0 Å². The number of methoxy groups -OCH3 is 1. The third-order valence-corrected chi connectivity index (χ3v) is 11.6. The van der Waals surface area contributed by atoms with Crippen molar-refractivity contribution in [1.29, 1.82) is 0 Å². The summed E-state index contributed by atoms with van der Waals surface area (Å²) in [5.41, 5.74) is 4.79. The molecule has 0 amide bonds. The molecule has 7 N–H and O–H groups in total. The Morgan fingerprint density at radius 1 is 0.947 bits per heavy atom. The molecule has 4 aliphatic rings. The molecule has 17 nitrogen and oxygen atoms in total. The lowest BCUT2D eigenvalue weighted by atomic mass is 9.82. The topological polar surface area (TPSA) is 238 Å². The first-order chi connectivity index (χ1) is 26.9. The molecule has 0 aromatic heterocycles. The lowest BCUT2D eigenvalue weighted by molar-refractivity contribution is -0.358. The normalized spacial score (nSPS) is 46.9. The number of cyclic esters (lactones) is 1. The molecule has 4 aliphatic heterocycles. The maximum atomic E-state index is 13.0. The lowest BCUT2D eigenvalue weighted by Crippen LogP contribution is -2.65. The van der Waals surface area contributed by atoms with Gasteiger partial charge in [-0.15, -0.1) is 0 Å². The van der Waals surface area contributed by atoms with Gasteiger partial charge in [0.25, 0.3) is 0 Å². The molecule has 328 valence electrons. The first-order valence-electron chi connectivity index (χ1n) is 20.1. The molecular weight excluding hydrogens is 748 g/mol. The second-order valence-corrected chi connectivity index (χ2v) is 16.6. The predicted octanol–water partition coefficient (Wildman–Crippen LogP) is 0.652. The summed E-state index contributed by atoms with van der Waals surface area (Å²) in [7, 11) is 5.40. The average Bonchev–Trinajstić information content (AvgIpc) is 3.12. The van der Waals surface area contributed by atoms with Crippen molar-refractivity contribution in [3.63, 3.8) is 0 Å². The molecule has 57 heavy (non-hydrogen) atoms. The highest BCUT2D eigenvalue weighted by atomic mass is 16.8. The molecular formula is C40H68N2O15. The maximum Gasteiger partial charge on any atom is 0.308 e. The summed E-state index contributed by atoms with van der Waals surface area (Å²) in [5, 5.41) is 54.0. The van der Waals surface area contributed by atoms with E-state index in [1.165, 1.54) is 14.0 Å². The van der Waals surface area contributed by atoms with Gasteiger partial charge < -0.3 is 78.9 Å². The first kappa shape index (κ1) is 47.7. The molecule has 0 aliphatic carbocycles. The Morgan fingerprint density at radius 3 is 2.30 bits per heavy atom. The van der Waals surface area contributed by atoms with Crippen LogP contribution in [0.5, 0.6) is 0 Å². The van der Waals surface area contributed by atoms with Crippen LogP contribution in [0.2, 0.25) is 0 Å². The van der Waals surface area contributed by atoms with E-state index in [2.05, 4.69) is 4.90 Å². The molecule has 0 unspecified atom stereocenters. The van der Waals surface area contributed by atoms with Crippen molar-refractivity contribution in [2.75, 3.05) is 21.2 Å². The molecule has 0 spiro atoms. The number of nitrogens with two attached hydrogens (primary N) is 1. The lowest BCUT2D eigenvalue weighted by Gasteiger charge is -2.47. The van der Waals surface area contributed by atoms with Crippen LogP contribution < -0.4 is 5.73 Å². The molecule has 4 rings (SSSR count). The fourth-order valence-corrected chi connectivity index (χ4v) is 8.28. The number of nitrogens with zero attached hydrogens (tertiary/aromatic N) is 1. The van der Waals surface area contributed by atoms with Gasteiger partial charge in [-0.05, 0) is 72.9 Å². The third kappa shape index (κ3) is 12.8. The summed E-state index contributed by atoms with van der Waals surface area (Å²) in [6.45, 7) is 8.71. The van der Waals surface area contributed by atoms with Crippen LogP contribution in [0.4, 0.5) is 0 Å². The quantitative estimate of drug-likeness (QED) is 0.131. The number of aldehydes is 1. The number of ether oxygens (including phenoxy) is 8. The van der Waals surface area contributed by atoms with Gasteiger partial charge >= 0.3 is 5.97 Å².